The number of hydrogen-bond acceptors (Lipinski definition) is 3. The molecule has 0 radical (unpaired) electrons. The monoisotopic (exact) mass is 282 g/mol. The van der Waals surface area contributed by atoms with E-state index in [0.717, 1.165) is 31.6 Å². The Morgan fingerprint density at radius 3 is 2.65 bits per heavy atom. The summed E-state index contributed by atoms with van der Waals surface area (Å²) in [5.41, 5.74) is 0.01000. The lowest BCUT2D eigenvalue weighted by Crippen LogP contribution is -2.54. The number of nitrogens with one attached hydrogen (secondary N) is 1. The largest absolute Gasteiger partial charge is 0.370 e. The van der Waals surface area contributed by atoms with E-state index in [0.29, 0.717) is 6.10 Å². The van der Waals surface area contributed by atoms with Crippen molar-refractivity contribution in [2.45, 2.75) is 77.5 Å². The molecule has 1 N–H and O–H groups in total. The molecule has 3 atom stereocenters. The highest BCUT2D eigenvalue weighted by molar-refractivity contribution is 4.87. The second-order valence-electron chi connectivity index (χ2n) is 7.44. The van der Waals surface area contributed by atoms with E-state index in [4.69, 9.17) is 4.74 Å². The average molecular weight is 282 g/mol. The zero-order chi connectivity index (χ0) is 14.6. The van der Waals surface area contributed by atoms with Gasteiger partial charge in [-0.25, -0.2) is 0 Å². The first-order chi connectivity index (χ1) is 9.50. The lowest BCUT2D eigenvalue weighted by atomic mass is 9.93. The van der Waals surface area contributed by atoms with Crippen molar-refractivity contribution in [1.29, 1.82) is 0 Å². The van der Waals surface area contributed by atoms with Crippen LogP contribution in [0.3, 0.4) is 0 Å². The van der Waals surface area contributed by atoms with Crippen molar-refractivity contribution in [2.75, 3.05) is 26.2 Å². The van der Waals surface area contributed by atoms with Crippen LogP contribution in [0.25, 0.3) is 0 Å². The van der Waals surface area contributed by atoms with Crippen molar-refractivity contribution in [1.82, 2.24) is 10.2 Å². The molecule has 3 heteroatoms. The second kappa shape index (κ2) is 7.24. The van der Waals surface area contributed by atoms with Crippen LogP contribution in [0.4, 0.5) is 0 Å². The van der Waals surface area contributed by atoms with Crippen LogP contribution in [0.1, 0.15) is 59.8 Å². The van der Waals surface area contributed by atoms with Crippen LogP contribution < -0.4 is 5.32 Å². The molecule has 0 spiro atoms. The molecule has 3 unspecified atom stereocenters. The van der Waals surface area contributed by atoms with Crippen LogP contribution in [0.5, 0.6) is 0 Å². The van der Waals surface area contributed by atoms with Crippen molar-refractivity contribution in [3.8, 4) is 0 Å². The zero-order valence-electron chi connectivity index (χ0n) is 14.0. The fraction of sp³-hybridized carbons (Fsp3) is 1.00. The molecular formula is C17H34N2O. The third kappa shape index (κ3) is 4.71. The van der Waals surface area contributed by atoms with E-state index in [1.54, 1.807) is 0 Å². The molecule has 1 saturated heterocycles. The van der Waals surface area contributed by atoms with E-state index in [1.165, 1.54) is 38.6 Å². The van der Waals surface area contributed by atoms with Crippen LogP contribution in [0.15, 0.2) is 0 Å². The summed E-state index contributed by atoms with van der Waals surface area (Å²) in [6, 6.07) is 0.726. The summed E-state index contributed by atoms with van der Waals surface area (Å²) in [7, 11) is 0. The molecular weight excluding hydrogens is 248 g/mol. The first-order valence-electron chi connectivity index (χ1n) is 8.64. The standard InChI is InChI=1S/C17H34N2O/c1-5-18-16-10-8-6-7-9-15(16)12-19-11-14(2)20-17(3,4)13-19/h14-16,18H,5-13H2,1-4H3. The van der Waals surface area contributed by atoms with Crippen molar-refractivity contribution in [3.63, 3.8) is 0 Å². The van der Waals surface area contributed by atoms with Gasteiger partial charge in [-0.1, -0.05) is 26.2 Å². The molecule has 0 amide bonds. The highest BCUT2D eigenvalue weighted by Gasteiger charge is 2.33. The molecule has 2 aliphatic rings. The molecule has 0 aromatic rings. The number of ether oxygens (including phenoxy) is 1. The van der Waals surface area contributed by atoms with Crippen LogP contribution in [-0.2, 0) is 4.74 Å². The van der Waals surface area contributed by atoms with Crippen molar-refractivity contribution < 1.29 is 4.74 Å². The van der Waals surface area contributed by atoms with Gasteiger partial charge in [0, 0.05) is 25.7 Å². The van der Waals surface area contributed by atoms with Crippen LogP contribution in [0.2, 0.25) is 0 Å². The highest BCUT2D eigenvalue weighted by Crippen LogP contribution is 2.27. The molecule has 1 heterocycles. The third-order valence-electron chi connectivity index (χ3n) is 4.76. The predicted molar refractivity (Wildman–Crippen MR) is 85.1 cm³/mol. The predicted octanol–water partition coefficient (Wildman–Crippen LogP) is 3.04. The molecule has 0 bridgehead atoms. The summed E-state index contributed by atoms with van der Waals surface area (Å²) in [6.07, 6.45) is 7.35. The van der Waals surface area contributed by atoms with E-state index in [-0.39, 0.29) is 5.60 Å². The molecule has 2 rings (SSSR count). The number of morpholine rings is 1. The minimum absolute atomic E-state index is 0.01000. The normalized spacial score (nSPS) is 35.7. The summed E-state index contributed by atoms with van der Waals surface area (Å²) < 4.78 is 6.03. The van der Waals surface area contributed by atoms with E-state index < -0.39 is 0 Å². The van der Waals surface area contributed by atoms with Gasteiger partial charge in [-0.15, -0.1) is 0 Å². The van der Waals surface area contributed by atoms with Gasteiger partial charge in [-0.3, -0.25) is 4.90 Å². The van der Waals surface area contributed by atoms with Gasteiger partial charge in [0.2, 0.25) is 0 Å². The first-order valence-corrected chi connectivity index (χ1v) is 8.64. The summed E-state index contributed by atoms with van der Waals surface area (Å²) >= 11 is 0. The van der Waals surface area contributed by atoms with Gasteiger partial charge in [0.15, 0.2) is 0 Å². The van der Waals surface area contributed by atoms with Gasteiger partial charge in [0.05, 0.1) is 11.7 Å². The fourth-order valence-corrected chi connectivity index (χ4v) is 4.19. The smallest absolute Gasteiger partial charge is 0.0757 e. The van der Waals surface area contributed by atoms with Crippen LogP contribution >= 0.6 is 0 Å². The van der Waals surface area contributed by atoms with E-state index in [2.05, 4.69) is 37.9 Å². The topological polar surface area (TPSA) is 24.5 Å². The average Bonchev–Trinajstić information content (AvgIpc) is 2.53. The summed E-state index contributed by atoms with van der Waals surface area (Å²) in [5.74, 6) is 0.818. The van der Waals surface area contributed by atoms with Crippen molar-refractivity contribution in [2.24, 2.45) is 5.92 Å². The molecule has 118 valence electrons. The minimum Gasteiger partial charge on any atom is -0.370 e. The molecule has 0 aromatic heterocycles. The Morgan fingerprint density at radius 1 is 1.20 bits per heavy atom. The molecule has 0 aromatic carbocycles. The third-order valence-corrected chi connectivity index (χ3v) is 4.76. The van der Waals surface area contributed by atoms with Gasteiger partial charge in [0.1, 0.15) is 0 Å². The molecule has 20 heavy (non-hydrogen) atoms. The summed E-state index contributed by atoms with van der Waals surface area (Å²) in [5, 5.41) is 3.74. The Bertz CT molecular complexity index is 293. The molecule has 1 saturated carbocycles. The van der Waals surface area contributed by atoms with Gasteiger partial charge in [-0.05, 0) is 46.1 Å². The Hall–Kier alpha value is -0.120. The molecule has 3 nitrogen and oxygen atoms in total. The van der Waals surface area contributed by atoms with Gasteiger partial charge in [-0.2, -0.15) is 0 Å². The molecule has 1 aliphatic carbocycles. The Balaban J connectivity index is 1.94. The SMILES string of the molecule is CCNC1CCCCCC1CN1CC(C)OC(C)(C)C1. The Morgan fingerprint density at radius 2 is 1.95 bits per heavy atom. The molecule has 1 aliphatic heterocycles. The van der Waals surface area contributed by atoms with Crippen molar-refractivity contribution in [3.05, 3.63) is 0 Å². The maximum absolute atomic E-state index is 6.03. The number of hydrogen-bond donors (Lipinski definition) is 1. The van der Waals surface area contributed by atoms with Gasteiger partial charge in [0.25, 0.3) is 0 Å². The highest BCUT2D eigenvalue weighted by atomic mass is 16.5. The zero-order valence-corrected chi connectivity index (χ0v) is 14.0. The van der Waals surface area contributed by atoms with E-state index in [9.17, 15) is 0 Å². The van der Waals surface area contributed by atoms with E-state index >= 15 is 0 Å². The maximum Gasteiger partial charge on any atom is 0.0757 e. The quantitative estimate of drug-likeness (QED) is 0.802. The second-order valence-corrected chi connectivity index (χ2v) is 7.44. The lowest BCUT2D eigenvalue weighted by Gasteiger charge is -2.43. The van der Waals surface area contributed by atoms with E-state index in [1.807, 2.05) is 0 Å². The maximum atomic E-state index is 6.03. The first kappa shape index (κ1) is 16.3. The fourth-order valence-electron chi connectivity index (χ4n) is 4.19. The van der Waals surface area contributed by atoms with Crippen molar-refractivity contribution >= 4 is 0 Å². The molecule has 2 fully saturated rings. The Kier molecular flexibility index (Phi) is 5.88. The van der Waals surface area contributed by atoms with Crippen LogP contribution in [-0.4, -0.2) is 48.8 Å². The van der Waals surface area contributed by atoms with Gasteiger partial charge < -0.3 is 10.1 Å². The van der Waals surface area contributed by atoms with Crippen LogP contribution in [0, 0.1) is 5.92 Å². The lowest BCUT2D eigenvalue weighted by molar-refractivity contribution is -0.131. The number of nitrogens with zero attached hydrogens (tertiary/aromatic N) is 1. The minimum atomic E-state index is 0.01000. The van der Waals surface area contributed by atoms with Gasteiger partial charge >= 0.3 is 0 Å². The number of rotatable bonds is 4. The summed E-state index contributed by atoms with van der Waals surface area (Å²) in [6.45, 7) is 13.4. The Labute approximate surface area is 125 Å². The summed E-state index contributed by atoms with van der Waals surface area (Å²) in [4.78, 5) is 2.65.